The summed E-state index contributed by atoms with van der Waals surface area (Å²) in [4.78, 5) is 2.27. The van der Waals surface area contributed by atoms with Crippen LogP contribution < -0.4 is 0 Å². The van der Waals surface area contributed by atoms with Crippen LogP contribution in [0.3, 0.4) is 0 Å². The molecule has 0 aliphatic carbocycles. The second-order valence-corrected chi connectivity index (χ2v) is 4.28. The van der Waals surface area contributed by atoms with Crippen LogP contribution in [0.15, 0.2) is 30.8 Å². The molecule has 1 atom stereocenters. The highest BCUT2D eigenvalue weighted by molar-refractivity contribution is 5.48. The summed E-state index contributed by atoms with van der Waals surface area (Å²) in [5.41, 5.74) is 2.03. The molecule has 1 aromatic rings. The van der Waals surface area contributed by atoms with E-state index >= 15 is 0 Å². The van der Waals surface area contributed by atoms with Crippen LogP contribution in [0.2, 0.25) is 0 Å². The van der Waals surface area contributed by atoms with Crippen molar-refractivity contribution in [2.75, 3.05) is 19.6 Å². The first kappa shape index (κ1) is 13.9. The molecule has 0 fully saturated rings. The number of hydrogen-bond acceptors (Lipinski definition) is 2. The van der Waals surface area contributed by atoms with Crippen molar-refractivity contribution in [2.24, 2.45) is 0 Å². The fourth-order valence-corrected chi connectivity index (χ4v) is 1.94. The zero-order valence-electron chi connectivity index (χ0n) is 10.9. The molecule has 0 saturated heterocycles. The Labute approximate surface area is 105 Å². The second-order valence-electron chi connectivity index (χ2n) is 4.28. The molecule has 94 valence electrons. The zero-order valence-corrected chi connectivity index (χ0v) is 10.9. The Kier molecular flexibility index (Phi) is 5.95. The number of hydrogen-bond donors (Lipinski definition) is 1. The van der Waals surface area contributed by atoms with Crippen LogP contribution in [0.4, 0.5) is 0 Å². The summed E-state index contributed by atoms with van der Waals surface area (Å²) in [5.74, 6) is 0. The lowest BCUT2D eigenvalue weighted by atomic mass is 10.1. The van der Waals surface area contributed by atoms with Gasteiger partial charge in [0.05, 0.1) is 6.10 Å². The third-order valence-corrected chi connectivity index (χ3v) is 2.95. The maximum atomic E-state index is 10.2. The maximum absolute atomic E-state index is 10.2. The van der Waals surface area contributed by atoms with E-state index in [0.29, 0.717) is 6.54 Å². The molecule has 0 aromatic heterocycles. The van der Waals surface area contributed by atoms with Gasteiger partial charge in [-0.05, 0) is 36.7 Å². The van der Waals surface area contributed by atoms with Crippen LogP contribution in [-0.2, 0) is 0 Å². The van der Waals surface area contributed by atoms with Crippen molar-refractivity contribution in [2.45, 2.75) is 26.4 Å². The van der Waals surface area contributed by atoms with Gasteiger partial charge in [0.1, 0.15) is 0 Å². The average molecular weight is 233 g/mol. The van der Waals surface area contributed by atoms with Gasteiger partial charge in [-0.2, -0.15) is 0 Å². The highest BCUT2D eigenvalue weighted by Gasteiger charge is 2.11. The summed E-state index contributed by atoms with van der Waals surface area (Å²) in [6.07, 6.45) is 2.51. The number of benzene rings is 1. The van der Waals surface area contributed by atoms with Gasteiger partial charge in [0.25, 0.3) is 0 Å². The lowest BCUT2D eigenvalue weighted by Crippen LogP contribution is -2.29. The van der Waals surface area contributed by atoms with Crippen molar-refractivity contribution in [3.63, 3.8) is 0 Å². The first-order chi connectivity index (χ1) is 8.21. The number of aliphatic hydroxyl groups is 1. The maximum Gasteiger partial charge on any atom is 0.0917 e. The second kappa shape index (κ2) is 7.25. The van der Waals surface area contributed by atoms with E-state index in [4.69, 9.17) is 0 Å². The molecule has 0 bridgehead atoms. The van der Waals surface area contributed by atoms with Crippen LogP contribution in [-0.4, -0.2) is 29.6 Å². The van der Waals surface area contributed by atoms with Crippen LogP contribution >= 0.6 is 0 Å². The molecule has 0 spiro atoms. The summed E-state index contributed by atoms with van der Waals surface area (Å²) in [6.45, 7) is 10.7. The quantitative estimate of drug-likeness (QED) is 0.782. The molecule has 0 heterocycles. The number of aliphatic hydroxyl groups excluding tert-OH is 1. The fourth-order valence-electron chi connectivity index (χ4n) is 1.94. The molecule has 0 aliphatic rings. The van der Waals surface area contributed by atoms with Crippen molar-refractivity contribution < 1.29 is 5.11 Å². The Bertz CT molecular complexity index is 349. The average Bonchev–Trinajstić information content (AvgIpc) is 2.38. The summed E-state index contributed by atoms with van der Waals surface area (Å²) < 4.78 is 0. The van der Waals surface area contributed by atoms with Crippen LogP contribution in [0.5, 0.6) is 0 Å². The lowest BCUT2D eigenvalue weighted by Gasteiger charge is -2.23. The first-order valence-corrected chi connectivity index (χ1v) is 6.34. The van der Waals surface area contributed by atoms with E-state index in [-0.39, 0.29) is 0 Å². The predicted octanol–water partition coefficient (Wildman–Crippen LogP) is 3.09. The van der Waals surface area contributed by atoms with Crippen LogP contribution in [0, 0.1) is 0 Å². The molecule has 0 saturated carbocycles. The van der Waals surface area contributed by atoms with Gasteiger partial charge >= 0.3 is 0 Å². The minimum absolute atomic E-state index is 0.415. The summed E-state index contributed by atoms with van der Waals surface area (Å²) >= 11 is 0. The molecule has 1 rings (SSSR count). The van der Waals surface area contributed by atoms with Gasteiger partial charge < -0.3 is 10.0 Å². The van der Waals surface area contributed by atoms with Crippen molar-refractivity contribution in [3.8, 4) is 0 Å². The van der Waals surface area contributed by atoms with Gasteiger partial charge in [-0.25, -0.2) is 0 Å². The Morgan fingerprint density at radius 1 is 1.41 bits per heavy atom. The summed E-state index contributed by atoms with van der Waals surface area (Å²) in [5, 5.41) is 10.2. The SMILES string of the molecule is C=Cc1cccc(C(O)CN(CC)CCC)c1. The van der Waals surface area contributed by atoms with E-state index < -0.39 is 6.10 Å². The minimum atomic E-state index is -0.415. The molecule has 17 heavy (non-hydrogen) atoms. The molecular weight excluding hydrogens is 210 g/mol. The molecular formula is C15H23NO. The largest absolute Gasteiger partial charge is 0.387 e. The Balaban J connectivity index is 2.67. The normalized spacial score (nSPS) is 12.7. The Hall–Kier alpha value is -1.12. The molecule has 1 unspecified atom stereocenters. The van der Waals surface area contributed by atoms with E-state index in [0.717, 1.165) is 30.6 Å². The minimum Gasteiger partial charge on any atom is -0.387 e. The third kappa shape index (κ3) is 4.33. The number of likely N-dealkylation sites (N-methyl/N-ethyl adjacent to an activating group) is 1. The van der Waals surface area contributed by atoms with Gasteiger partial charge in [0.15, 0.2) is 0 Å². The topological polar surface area (TPSA) is 23.5 Å². The molecule has 0 radical (unpaired) electrons. The van der Waals surface area contributed by atoms with E-state index in [1.54, 1.807) is 6.08 Å². The summed E-state index contributed by atoms with van der Waals surface area (Å²) in [7, 11) is 0. The van der Waals surface area contributed by atoms with Crippen LogP contribution in [0.1, 0.15) is 37.5 Å². The van der Waals surface area contributed by atoms with E-state index in [1.807, 2.05) is 24.3 Å². The third-order valence-electron chi connectivity index (χ3n) is 2.95. The fraction of sp³-hybridized carbons (Fsp3) is 0.467. The van der Waals surface area contributed by atoms with Crippen molar-refractivity contribution in [3.05, 3.63) is 42.0 Å². The highest BCUT2D eigenvalue weighted by Crippen LogP contribution is 2.16. The molecule has 1 aromatic carbocycles. The lowest BCUT2D eigenvalue weighted by molar-refractivity contribution is 0.116. The van der Waals surface area contributed by atoms with Crippen molar-refractivity contribution >= 4 is 6.08 Å². The molecule has 2 nitrogen and oxygen atoms in total. The predicted molar refractivity (Wildman–Crippen MR) is 73.9 cm³/mol. The molecule has 0 amide bonds. The van der Waals surface area contributed by atoms with Gasteiger partial charge in [-0.1, -0.05) is 44.7 Å². The van der Waals surface area contributed by atoms with Gasteiger partial charge in [0.2, 0.25) is 0 Å². The van der Waals surface area contributed by atoms with Gasteiger partial charge in [0, 0.05) is 6.54 Å². The molecule has 0 aliphatic heterocycles. The summed E-state index contributed by atoms with van der Waals surface area (Å²) in [6, 6.07) is 7.92. The zero-order chi connectivity index (χ0) is 12.7. The van der Waals surface area contributed by atoms with E-state index in [9.17, 15) is 5.11 Å². The first-order valence-electron chi connectivity index (χ1n) is 6.34. The van der Waals surface area contributed by atoms with Crippen molar-refractivity contribution in [1.82, 2.24) is 4.90 Å². The Morgan fingerprint density at radius 2 is 2.18 bits per heavy atom. The highest BCUT2D eigenvalue weighted by atomic mass is 16.3. The van der Waals surface area contributed by atoms with Gasteiger partial charge in [-0.3, -0.25) is 0 Å². The van der Waals surface area contributed by atoms with Gasteiger partial charge in [-0.15, -0.1) is 0 Å². The molecule has 1 N–H and O–H groups in total. The number of rotatable bonds is 7. The van der Waals surface area contributed by atoms with Crippen molar-refractivity contribution in [1.29, 1.82) is 0 Å². The Morgan fingerprint density at radius 3 is 2.76 bits per heavy atom. The standard InChI is InChI=1S/C15H23NO/c1-4-10-16(6-3)12-15(17)14-9-7-8-13(5-2)11-14/h5,7-9,11,15,17H,2,4,6,10,12H2,1,3H3. The van der Waals surface area contributed by atoms with E-state index in [2.05, 4.69) is 25.3 Å². The van der Waals surface area contributed by atoms with E-state index in [1.165, 1.54) is 0 Å². The number of nitrogens with zero attached hydrogens (tertiary/aromatic N) is 1. The van der Waals surface area contributed by atoms with Crippen LogP contribution in [0.25, 0.3) is 6.08 Å². The monoisotopic (exact) mass is 233 g/mol. The molecule has 2 heteroatoms. The smallest absolute Gasteiger partial charge is 0.0917 e.